The van der Waals surface area contributed by atoms with Crippen LogP contribution in [0.5, 0.6) is 5.88 Å². The van der Waals surface area contributed by atoms with Crippen molar-refractivity contribution in [1.82, 2.24) is 10.3 Å². The summed E-state index contributed by atoms with van der Waals surface area (Å²) < 4.78 is 5.23. The van der Waals surface area contributed by atoms with Gasteiger partial charge in [0.2, 0.25) is 5.88 Å². The van der Waals surface area contributed by atoms with E-state index in [1.807, 2.05) is 12.1 Å². The number of hydrogen-bond donors (Lipinski definition) is 1. The fraction of sp³-hybridized carbons (Fsp3) is 0.615. The van der Waals surface area contributed by atoms with Crippen molar-refractivity contribution in [2.45, 2.75) is 45.7 Å². The molecule has 0 unspecified atom stereocenters. The normalized spacial score (nSPS) is 11.5. The molecule has 1 aromatic rings. The topological polar surface area (TPSA) is 34.2 Å². The summed E-state index contributed by atoms with van der Waals surface area (Å²) in [6.07, 6.45) is 3.99. The highest BCUT2D eigenvalue weighted by atomic mass is 16.5. The summed E-state index contributed by atoms with van der Waals surface area (Å²) in [5, 5.41) is 3.57. The van der Waals surface area contributed by atoms with Gasteiger partial charge in [0.05, 0.1) is 7.11 Å². The highest BCUT2D eigenvalue weighted by Gasteiger charge is 2.18. The molecule has 90 valence electrons. The van der Waals surface area contributed by atoms with Gasteiger partial charge in [-0.3, -0.25) is 0 Å². The average molecular weight is 222 g/mol. The number of aromatic nitrogens is 1. The van der Waals surface area contributed by atoms with Gasteiger partial charge in [-0.15, -0.1) is 0 Å². The van der Waals surface area contributed by atoms with Crippen molar-refractivity contribution >= 4 is 0 Å². The molecule has 0 radical (unpaired) electrons. The van der Waals surface area contributed by atoms with E-state index in [4.69, 9.17) is 4.74 Å². The van der Waals surface area contributed by atoms with Crippen LogP contribution in [0.15, 0.2) is 18.3 Å². The van der Waals surface area contributed by atoms with Crippen molar-refractivity contribution in [2.75, 3.05) is 7.11 Å². The fourth-order valence-corrected chi connectivity index (χ4v) is 1.55. The van der Waals surface area contributed by atoms with E-state index in [1.165, 1.54) is 0 Å². The molecule has 0 fully saturated rings. The number of nitrogens with one attached hydrogen (secondary N) is 1. The number of pyridine rings is 1. The lowest BCUT2D eigenvalue weighted by Gasteiger charge is -2.28. The van der Waals surface area contributed by atoms with Gasteiger partial charge >= 0.3 is 0 Å². The van der Waals surface area contributed by atoms with Crippen LogP contribution >= 0.6 is 0 Å². The zero-order chi connectivity index (χ0) is 12.0. The van der Waals surface area contributed by atoms with Gasteiger partial charge < -0.3 is 10.1 Å². The molecule has 0 aromatic carbocycles. The number of nitrogens with zero attached hydrogens (tertiary/aromatic N) is 1. The molecule has 0 aliphatic carbocycles. The Morgan fingerprint density at radius 2 is 2.06 bits per heavy atom. The molecular weight excluding hydrogens is 200 g/mol. The van der Waals surface area contributed by atoms with Crippen LogP contribution in [0, 0.1) is 0 Å². The summed E-state index contributed by atoms with van der Waals surface area (Å²) in [6, 6.07) is 3.99. The standard InChI is InChI=1S/C13H22N2O/c1-5-13(3,6-2)15-10-11-8-7-9-14-12(11)16-4/h7-9,15H,5-6,10H2,1-4H3. The molecule has 1 heterocycles. The maximum Gasteiger partial charge on any atom is 0.217 e. The first-order valence-electron chi connectivity index (χ1n) is 5.88. The van der Waals surface area contributed by atoms with Gasteiger partial charge in [0.1, 0.15) is 0 Å². The Labute approximate surface area is 98.2 Å². The maximum absolute atomic E-state index is 5.23. The molecule has 3 nitrogen and oxygen atoms in total. The third-order valence-corrected chi connectivity index (χ3v) is 3.31. The van der Waals surface area contributed by atoms with Gasteiger partial charge in [-0.25, -0.2) is 4.98 Å². The van der Waals surface area contributed by atoms with Crippen molar-refractivity contribution in [3.05, 3.63) is 23.9 Å². The number of methoxy groups -OCH3 is 1. The monoisotopic (exact) mass is 222 g/mol. The van der Waals surface area contributed by atoms with E-state index in [2.05, 4.69) is 31.1 Å². The molecule has 0 aliphatic rings. The van der Waals surface area contributed by atoms with E-state index < -0.39 is 0 Å². The third kappa shape index (κ3) is 3.20. The summed E-state index contributed by atoms with van der Waals surface area (Å²) in [6.45, 7) is 7.46. The van der Waals surface area contributed by atoms with Gasteiger partial charge in [0.25, 0.3) is 0 Å². The van der Waals surface area contributed by atoms with E-state index in [0.29, 0.717) is 5.88 Å². The Morgan fingerprint density at radius 1 is 1.38 bits per heavy atom. The molecule has 0 spiro atoms. The molecule has 0 amide bonds. The Balaban J connectivity index is 2.67. The van der Waals surface area contributed by atoms with Crippen molar-refractivity contribution in [3.8, 4) is 5.88 Å². The quantitative estimate of drug-likeness (QED) is 0.803. The van der Waals surface area contributed by atoms with Crippen LogP contribution in [0.4, 0.5) is 0 Å². The Kier molecular flexibility index (Phi) is 4.74. The average Bonchev–Trinajstić information content (AvgIpc) is 2.36. The molecular formula is C13H22N2O. The molecule has 0 aliphatic heterocycles. The number of ether oxygens (including phenoxy) is 1. The molecule has 3 heteroatoms. The van der Waals surface area contributed by atoms with Crippen LogP contribution in [0.1, 0.15) is 39.2 Å². The van der Waals surface area contributed by atoms with Gasteiger partial charge in [-0.2, -0.15) is 0 Å². The first kappa shape index (κ1) is 13.0. The zero-order valence-electron chi connectivity index (χ0n) is 10.7. The summed E-state index contributed by atoms with van der Waals surface area (Å²) in [7, 11) is 1.66. The summed E-state index contributed by atoms with van der Waals surface area (Å²) in [5.74, 6) is 0.713. The predicted molar refractivity (Wildman–Crippen MR) is 66.6 cm³/mol. The molecule has 0 saturated heterocycles. The van der Waals surface area contributed by atoms with Gasteiger partial charge in [0.15, 0.2) is 0 Å². The Hall–Kier alpha value is -1.09. The molecule has 16 heavy (non-hydrogen) atoms. The predicted octanol–water partition coefficient (Wildman–Crippen LogP) is 2.76. The lowest BCUT2D eigenvalue weighted by molar-refractivity contribution is 0.323. The smallest absolute Gasteiger partial charge is 0.217 e. The number of hydrogen-bond acceptors (Lipinski definition) is 3. The van der Waals surface area contributed by atoms with E-state index in [1.54, 1.807) is 13.3 Å². The van der Waals surface area contributed by atoms with E-state index in [9.17, 15) is 0 Å². The summed E-state index contributed by atoms with van der Waals surface area (Å²) in [5.41, 5.74) is 1.30. The second kappa shape index (κ2) is 5.85. The molecule has 1 N–H and O–H groups in total. The molecule has 1 aromatic heterocycles. The molecule has 0 atom stereocenters. The van der Waals surface area contributed by atoms with Crippen LogP contribution in [0.3, 0.4) is 0 Å². The van der Waals surface area contributed by atoms with Crippen molar-refractivity contribution in [2.24, 2.45) is 0 Å². The minimum absolute atomic E-state index is 0.195. The summed E-state index contributed by atoms with van der Waals surface area (Å²) in [4.78, 5) is 4.19. The minimum atomic E-state index is 0.195. The highest BCUT2D eigenvalue weighted by molar-refractivity contribution is 5.25. The van der Waals surface area contributed by atoms with Gasteiger partial charge in [0, 0.05) is 23.8 Å². The second-order valence-corrected chi connectivity index (χ2v) is 4.29. The molecule has 0 bridgehead atoms. The third-order valence-electron chi connectivity index (χ3n) is 3.31. The van der Waals surface area contributed by atoms with E-state index in [-0.39, 0.29) is 5.54 Å². The second-order valence-electron chi connectivity index (χ2n) is 4.29. The minimum Gasteiger partial charge on any atom is -0.481 e. The molecule has 0 saturated carbocycles. The van der Waals surface area contributed by atoms with Crippen LogP contribution in [0.25, 0.3) is 0 Å². The first-order chi connectivity index (χ1) is 7.65. The lowest BCUT2D eigenvalue weighted by atomic mass is 9.95. The van der Waals surface area contributed by atoms with E-state index >= 15 is 0 Å². The van der Waals surface area contributed by atoms with Crippen molar-refractivity contribution in [1.29, 1.82) is 0 Å². The van der Waals surface area contributed by atoms with Crippen LogP contribution in [-0.4, -0.2) is 17.6 Å². The summed E-state index contributed by atoms with van der Waals surface area (Å²) >= 11 is 0. The number of rotatable bonds is 6. The van der Waals surface area contributed by atoms with E-state index in [0.717, 1.165) is 24.9 Å². The fourth-order valence-electron chi connectivity index (χ4n) is 1.55. The Bertz CT molecular complexity index is 321. The van der Waals surface area contributed by atoms with Gasteiger partial charge in [-0.1, -0.05) is 19.9 Å². The van der Waals surface area contributed by atoms with Crippen molar-refractivity contribution < 1.29 is 4.74 Å². The largest absolute Gasteiger partial charge is 0.481 e. The molecule has 1 rings (SSSR count). The highest BCUT2D eigenvalue weighted by Crippen LogP contribution is 2.18. The van der Waals surface area contributed by atoms with Gasteiger partial charge in [-0.05, 0) is 25.8 Å². The van der Waals surface area contributed by atoms with Crippen LogP contribution in [-0.2, 0) is 6.54 Å². The van der Waals surface area contributed by atoms with Crippen LogP contribution in [0.2, 0.25) is 0 Å². The zero-order valence-corrected chi connectivity index (χ0v) is 10.7. The lowest BCUT2D eigenvalue weighted by Crippen LogP contribution is -2.40. The maximum atomic E-state index is 5.23. The Morgan fingerprint density at radius 3 is 2.62 bits per heavy atom. The first-order valence-corrected chi connectivity index (χ1v) is 5.88. The SMILES string of the molecule is CCC(C)(CC)NCc1cccnc1OC. The van der Waals surface area contributed by atoms with Crippen LogP contribution < -0.4 is 10.1 Å². The van der Waals surface area contributed by atoms with Crippen molar-refractivity contribution in [3.63, 3.8) is 0 Å².